The molecule has 2 rings (SSSR count). The number of rotatable bonds is 7. The average molecular weight is 276 g/mol. The smallest absolute Gasteiger partial charge is 0.0702 e. The molecular formula is C17H28N2O. The Labute approximate surface area is 123 Å². The van der Waals surface area contributed by atoms with E-state index in [9.17, 15) is 0 Å². The average Bonchev–Trinajstić information content (AvgIpc) is 2.47. The topological polar surface area (TPSA) is 24.5 Å². The van der Waals surface area contributed by atoms with Crippen LogP contribution < -0.4 is 5.32 Å². The van der Waals surface area contributed by atoms with Crippen molar-refractivity contribution in [3.05, 3.63) is 35.4 Å². The fourth-order valence-corrected chi connectivity index (χ4v) is 2.76. The van der Waals surface area contributed by atoms with E-state index in [0.29, 0.717) is 6.10 Å². The van der Waals surface area contributed by atoms with Crippen LogP contribution in [0.5, 0.6) is 0 Å². The summed E-state index contributed by atoms with van der Waals surface area (Å²) in [6, 6.07) is 9.00. The van der Waals surface area contributed by atoms with Crippen LogP contribution in [-0.2, 0) is 17.7 Å². The first-order chi connectivity index (χ1) is 9.78. The second-order valence-electron chi connectivity index (χ2n) is 5.86. The SMILES string of the molecule is CNCCc1ccc(CN(C)CC2CCCCO2)cc1. The molecule has 20 heavy (non-hydrogen) atoms. The minimum atomic E-state index is 0.434. The molecule has 1 unspecified atom stereocenters. The lowest BCUT2D eigenvalue weighted by atomic mass is 10.1. The van der Waals surface area contributed by atoms with Gasteiger partial charge in [0.25, 0.3) is 0 Å². The number of hydrogen-bond donors (Lipinski definition) is 1. The maximum atomic E-state index is 5.80. The van der Waals surface area contributed by atoms with Gasteiger partial charge in [-0.2, -0.15) is 0 Å². The summed E-state index contributed by atoms with van der Waals surface area (Å²) in [7, 11) is 4.18. The number of likely N-dealkylation sites (N-methyl/N-ethyl adjacent to an activating group) is 2. The Morgan fingerprint density at radius 1 is 1.20 bits per heavy atom. The van der Waals surface area contributed by atoms with Crippen molar-refractivity contribution in [2.24, 2.45) is 0 Å². The number of nitrogens with one attached hydrogen (secondary N) is 1. The monoisotopic (exact) mass is 276 g/mol. The van der Waals surface area contributed by atoms with Crippen LogP contribution in [0, 0.1) is 0 Å². The second kappa shape index (κ2) is 8.40. The molecule has 1 atom stereocenters. The van der Waals surface area contributed by atoms with Crippen LogP contribution in [0.15, 0.2) is 24.3 Å². The third-order valence-corrected chi connectivity index (χ3v) is 3.93. The Morgan fingerprint density at radius 2 is 1.95 bits per heavy atom. The summed E-state index contributed by atoms with van der Waals surface area (Å²) in [5.41, 5.74) is 2.79. The zero-order chi connectivity index (χ0) is 14.2. The van der Waals surface area contributed by atoms with Crippen LogP contribution in [0.25, 0.3) is 0 Å². The van der Waals surface area contributed by atoms with Gasteiger partial charge < -0.3 is 10.1 Å². The van der Waals surface area contributed by atoms with Crippen LogP contribution in [0.2, 0.25) is 0 Å². The molecule has 112 valence electrons. The number of benzene rings is 1. The fraction of sp³-hybridized carbons (Fsp3) is 0.647. The van der Waals surface area contributed by atoms with Gasteiger partial charge in [0.15, 0.2) is 0 Å². The summed E-state index contributed by atoms with van der Waals surface area (Å²) < 4.78 is 5.80. The van der Waals surface area contributed by atoms with Gasteiger partial charge in [-0.05, 0) is 57.5 Å². The Bertz CT molecular complexity index is 371. The van der Waals surface area contributed by atoms with Gasteiger partial charge >= 0.3 is 0 Å². The summed E-state index contributed by atoms with van der Waals surface area (Å²) in [6.07, 6.45) is 5.30. The molecule has 1 aliphatic heterocycles. The first-order valence-corrected chi connectivity index (χ1v) is 7.80. The molecular weight excluding hydrogens is 248 g/mol. The third-order valence-electron chi connectivity index (χ3n) is 3.93. The van der Waals surface area contributed by atoms with Gasteiger partial charge in [0.05, 0.1) is 6.10 Å². The summed E-state index contributed by atoms with van der Waals surface area (Å²) >= 11 is 0. The summed E-state index contributed by atoms with van der Waals surface area (Å²) in [5.74, 6) is 0. The molecule has 1 N–H and O–H groups in total. The number of nitrogens with zero attached hydrogens (tertiary/aromatic N) is 1. The molecule has 0 spiro atoms. The van der Waals surface area contributed by atoms with Crippen LogP contribution in [0.4, 0.5) is 0 Å². The molecule has 1 heterocycles. The summed E-state index contributed by atoms with van der Waals surface area (Å²) in [6.45, 7) is 4.03. The molecule has 0 aliphatic carbocycles. The molecule has 1 saturated heterocycles. The van der Waals surface area contributed by atoms with Crippen LogP contribution in [0.3, 0.4) is 0 Å². The highest BCUT2D eigenvalue weighted by atomic mass is 16.5. The van der Waals surface area contributed by atoms with Crippen LogP contribution >= 0.6 is 0 Å². The molecule has 0 aromatic heterocycles. The third kappa shape index (κ3) is 5.23. The first kappa shape index (κ1) is 15.5. The largest absolute Gasteiger partial charge is 0.377 e. The van der Waals surface area contributed by atoms with Gasteiger partial charge in [-0.25, -0.2) is 0 Å². The molecule has 0 bridgehead atoms. The van der Waals surface area contributed by atoms with E-state index in [4.69, 9.17) is 4.74 Å². The van der Waals surface area contributed by atoms with Gasteiger partial charge in [0.2, 0.25) is 0 Å². The predicted octanol–water partition coefficient (Wildman–Crippen LogP) is 2.45. The zero-order valence-electron chi connectivity index (χ0n) is 12.9. The normalized spacial score (nSPS) is 19.4. The van der Waals surface area contributed by atoms with Crippen molar-refractivity contribution in [2.45, 2.75) is 38.3 Å². The van der Waals surface area contributed by atoms with Gasteiger partial charge in [-0.1, -0.05) is 24.3 Å². The van der Waals surface area contributed by atoms with Gasteiger partial charge in [0, 0.05) is 19.7 Å². The van der Waals surface area contributed by atoms with Crippen molar-refractivity contribution in [3.8, 4) is 0 Å². The van der Waals surface area contributed by atoms with E-state index < -0.39 is 0 Å². The quantitative estimate of drug-likeness (QED) is 0.828. The lowest BCUT2D eigenvalue weighted by molar-refractivity contribution is -0.00259. The van der Waals surface area contributed by atoms with Crippen molar-refractivity contribution < 1.29 is 4.74 Å². The highest BCUT2D eigenvalue weighted by Gasteiger charge is 2.15. The molecule has 1 fully saturated rings. The molecule has 1 aliphatic rings. The van der Waals surface area contributed by atoms with Gasteiger partial charge in [-0.3, -0.25) is 4.90 Å². The van der Waals surface area contributed by atoms with Crippen molar-refractivity contribution in [2.75, 3.05) is 33.8 Å². The van der Waals surface area contributed by atoms with Gasteiger partial charge in [-0.15, -0.1) is 0 Å². The van der Waals surface area contributed by atoms with Crippen LogP contribution in [-0.4, -0.2) is 44.8 Å². The first-order valence-electron chi connectivity index (χ1n) is 7.80. The van der Waals surface area contributed by atoms with Crippen molar-refractivity contribution in [3.63, 3.8) is 0 Å². The Hall–Kier alpha value is -0.900. The highest BCUT2D eigenvalue weighted by Crippen LogP contribution is 2.14. The minimum absolute atomic E-state index is 0.434. The zero-order valence-corrected chi connectivity index (χ0v) is 12.9. The fourth-order valence-electron chi connectivity index (χ4n) is 2.76. The molecule has 3 nitrogen and oxygen atoms in total. The molecule has 3 heteroatoms. The summed E-state index contributed by atoms with van der Waals surface area (Å²) in [4.78, 5) is 2.37. The molecule has 1 aromatic rings. The van der Waals surface area contributed by atoms with Crippen molar-refractivity contribution in [1.29, 1.82) is 0 Å². The highest BCUT2D eigenvalue weighted by molar-refractivity contribution is 5.22. The van der Waals surface area contributed by atoms with E-state index >= 15 is 0 Å². The van der Waals surface area contributed by atoms with Gasteiger partial charge in [0.1, 0.15) is 0 Å². The second-order valence-corrected chi connectivity index (χ2v) is 5.86. The lowest BCUT2D eigenvalue weighted by Crippen LogP contribution is -2.33. The Balaban J connectivity index is 1.76. The van der Waals surface area contributed by atoms with E-state index in [1.165, 1.54) is 30.4 Å². The number of hydrogen-bond acceptors (Lipinski definition) is 3. The maximum absolute atomic E-state index is 5.80. The van der Waals surface area contributed by atoms with E-state index in [1.807, 2.05) is 7.05 Å². The van der Waals surface area contributed by atoms with E-state index in [1.54, 1.807) is 0 Å². The minimum Gasteiger partial charge on any atom is -0.377 e. The van der Waals surface area contributed by atoms with Crippen molar-refractivity contribution in [1.82, 2.24) is 10.2 Å². The standard InChI is InChI=1S/C17H28N2O/c1-18-11-10-15-6-8-16(9-7-15)13-19(2)14-17-5-3-4-12-20-17/h6-9,17-18H,3-5,10-14H2,1-2H3. The van der Waals surface area contributed by atoms with Crippen molar-refractivity contribution >= 4 is 0 Å². The molecule has 0 saturated carbocycles. The Morgan fingerprint density at radius 3 is 2.60 bits per heavy atom. The Kier molecular flexibility index (Phi) is 6.51. The molecule has 1 aromatic carbocycles. The molecule has 0 amide bonds. The summed E-state index contributed by atoms with van der Waals surface area (Å²) in [5, 5.41) is 3.19. The number of ether oxygens (including phenoxy) is 1. The van der Waals surface area contributed by atoms with E-state index in [0.717, 1.165) is 32.7 Å². The lowest BCUT2D eigenvalue weighted by Gasteiger charge is -2.27. The molecule has 0 radical (unpaired) electrons. The predicted molar refractivity (Wildman–Crippen MR) is 84.0 cm³/mol. The van der Waals surface area contributed by atoms with Crippen LogP contribution in [0.1, 0.15) is 30.4 Å². The van der Waals surface area contributed by atoms with E-state index in [-0.39, 0.29) is 0 Å². The van der Waals surface area contributed by atoms with E-state index in [2.05, 4.69) is 41.5 Å². The maximum Gasteiger partial charge on any atom is 0.0702 e.